The number of amides is 1. The van der Waals surface area contributed by atoms with Gasteiger partial charge in [0.15, 0.2) is 5.78 Å². The third kappa shape index (κ3) is 5.08. The molecule has 6 heteroatoms. The summed E-state index contributed by atoms with van der Waals surface area (Å²) in [7, 11) is 0. The SMILES string of the molecule is CC(=O)c1cccc(NC(=O)c2cccc(NCC(O)CCl)c2)c1. The third-order valence-electron chi connectivity index (χ3n) is 3.37. The molecular weight excluding hydrogens is 328 g/mol. The molecule has 24 heavy (non-hydrogen) atoms. The van der Waals surface area contributed by atoms with Gasteiger partial charge in [0.2, 0.25) is 0 Å². The molecule has 2 aromatic carbocycles. The number of aliphatic hydroxyl groups excluding tert-OH is 1. The van der Waals surface area contributed by atoms with Crippen molar-refractivity contribution in [3.8, 4) is 0 Å². The van der Waals surface area contributed by atoms with Crippen LogP contribution in [-0.4, -0.2) is 35.3 Å². The van der Waals surface area contributed by atoms with Crippen LogP contribution in [0.2, 0.25) is 0 Å². The van der Waals surface area contributed by atoms with Gasteiger partial charge in [-0.3, -0.25) is 9.59 Å². The van der Waals surface area contributed by atoms with Crippen molar-refractivity contribution < 1.29 is 14.7 Å². The summed E-state index contributed by atoms with van der Waals surface area (Å²) < 4.78 is 0. The fraction of sp³-hybridized carbons (Fsp3) is 0.222. The summed E-state index contributed by atoms with van der Waals surface area (Å²) in [6, 6.07) is 13.7. The van der Waals surface area contributed by atoms with E-state index < -0.39 is 6.10 Å². The maximum atomic E-state index is 12.3. The smallest absolute Gasteiger partial charge is 0.255 e. The summed E-state index contributed by atoms with van der Waals surface area (Å²) in [5.74, 6) is -0.202. The number of aliphatic hydroxyl groups is 1. The molecule has 3 N–H and O–H groups in total. The van der Waals surface area contributed by atoms with Crippen LogP contribution in [0.1, 0.15) is 27.6 Å². The van der Waals surface area contributed by atoms with Crippen LogP contribution in [0.15, 0.2) is 48.5 Å². The highest BCUT2D eigenvalue weighted by atomic mass is 35.5. The van der Waals surface area contributed by atoms with E-state index in [0.717, 1.165) is 0 Å². The van der Waals surface area contributed by atoms with E-state index in [0.29, 0.717) is 29.0 Å². The number of benzene rings is 2. The van der Waals surface area contributed by atoms with Crippen LogP contribution < -0.4 is 10.6 Å². The summed E-state index contributed by atoms with van der Waals surface area (Å²) in [5.41, 5.74) is 2.28. The third-order valence-corrected chi connectivity index (χ3v) is 3.73. The molecule has 0 radical (unpaired) electrons. The minimum absolute atomic E-state index is 0.0601. The normalized spacial score (nSPS) is 11.6. The van der Waals surface area contributed by atoms with Gasteiger partial charge in [-0.05, 0) is 37.3 Å². The van der Waals surface area contributed by atoms with Crippen molar-refractivity contribution in [2.45, 2.75) is 13.0 Å². The Kier molecular flexibility index (Phi) is 6.35. The maximum Gasteiger partial charge on any atom is 0.255 e. The molecular formula is C18H19ClN2O3. The van der Waals surface area contributed by atoms with Crippen LogP contribution >= 0.6 is 11.6 Å². The van der Waals surface area contributed by atoms with E-state index in [9.17, 15) is 14.7 Å². The Labute approximate surface area is 145 Å². The molecule has 126 valence electrons. The molecule has 2 aromatic rings. The quantitative estimate of drug-likeness (QED) is 0.531. The average molecular weight is 347 g/mol. The van der Waals surface area contributed by atoms with Crippen molar-refractivity contribution in [2.75, 3.05) is 23.1 Å². The largest absolute Gasteiger partial charge is 0.390 e. The number of rotatable bonds is 7. The van der Waals surface area contributed by atoms with E-state index in [2.05, 4.69) is 10.6 Å². The van der Waals surface area contributed by atoms with Crippen LogP contribution in [0.3, 0.4) is 0 Å². The summed E-state index contributed by atoms with van der Waals surface area (Å²) in [6.07, 6.45) is -0.654. The maximum absolute atomic E-state index is 12.3. The van der Waals surface area contributed by atoms with Crippen LogP contribution in [0, 0.1) is 0 Å². The highest BCUT2D eigenvalue weighted by Crippen LogP contribution is 2.15. The number of ketones is 1. The Morgan fingerprint density at radius 3 is 2.38 bits per heavy atom. The van der Waals surface area contributed by atoms with Gasteiger partial charge in [-0.15, -0.1) is 11.6 Å². The molecule has 1 amide bonds. The zero-order valence-electron chi connectivity index (χ0n) is 13.3. The van der Waals surface area contributed by atoms with E-state index in [1.165, 1.54) is 6.92 Å². The Bertz CT molecular complexity index is 734. The first-order valence-corrected chi connectivity index (χ1v) is 8.03. The van der Waals surface area contributed by atoms with Crippen LogP contribution in [-0.2, 0) is 0 Å². The standard InChI is InChI=1S/C18H19ClN2O3/c1-12(22)13-4-2-7-16(8-13)21-18(24)14-5-3-6-15(9-14)20-11-17(23)10-19/h2-9,17,20,23H,10-11H2,1H3,(H,21,24). The number of hydrogen-bond donors (Lipinski definition) is 3. The van der Waals surface area contributed by atoms with E-state index in [1.54, 1.807) is 48.5 Å². The second kappa shape index (κ2) is 8.47. The Hall–Kier alpha value is -2.37. The number of halogens is 1. The molecule has 0 heterocycles. The van der Waals surface area contributed by atoms with Gasteiger partial charge in [-0.1, -0.05) is 18.2 Å². The van der Waals surface area contributed by atoms with Crippen molar-refractivity contribution >= 4 is 34.7 Å². The predicted molar refractivity (Wildman–Crippen MR) is 96.1 cm³/mol. The number of anilines is 2. The number of nitrogens with one attached hydrogen (secondary N) is 2. The molecule has 2 rings (SSSR count). The van der Waals surface area contributed by atoms with Crippen molar-refractivity contribution in [3.63, 3.8) is 0 Å². The summed E-state index contributed by atoms with van der Waals surface area (Å²) in [4.78, 5) is 23.7. The predicted octanol–water partition coefficient (Wildman–Crippen LogP) is 3.15. The molecule has 0 aromatic heterocycles. The number of carbonyl (C=O) groups excluding carboxylic acids is 2. The zero-order chi connectivity index (χ0) is 17.5. The monoisotopic (exact) mass is 346 g/mol. The molecule has 0 aliphatic heterocycles. The van der Waals surface area contributed by atoms with Gasteiger partial charge >= 0.3 is 0 Å². The van der Waals surface area contributed by atoms with E-state index in [-0.39, 0.29) is 17.6 Å². The first-order chi connectivity index (χ1) is 11.5. The Morgan fingerprint density at radius 2 is 1.71 bits per heavy atom. The van der Waals surface area contributed by atoms with E-state index >= 15 is 0 Å². The first kappa shape index (κ1) is 18.0. The lowest BCUT2D eigenvalue weighted by molar-refractivity contribution is 0.101. The molecule has 1 atom stereocenters. The van der Waals surface area contributed by atoms with Gasteiger partial charge < -0.3 is 15.7 Å². The molecule has 0 fully saturated rings. The summed E-state index contributed by atoms with van der Waals surface area (Å²) in [6.45, 7) is 1.78. The number of alkyl halides is 1. The van der Waals surface area contributed by atoms with Crippen LogP contribution in [0.4, 0.5) is 11.4 Å². The van der Waals surface area contributed by atoms with Gasteiger partial charge in [-0.2, -0.15) is 0 Å². The molecule has 0 saturated carbocycles. The molecule has 5 nitrogen and oxygen atoms in total. The van der Waals surface area contributed by atoms with Crippen molar-refractivity contribution in [1.82, 2.24) is 0 Å². The zero-order valence-corrected chi connectivity index (χ0v) is 14.0. The molecule has 0 aliphatic rings. The van der Waals surface area contributed by atoms with Crippen molar-refractivity contribution in [3.05, 3.63) is 59.7 Å². The fourth-order valence-electron chi connectivity index (χ4n) is 2.08. The van der Waals surface area contributed by atoms with Gasteiger partial charge in [-0.25, -0.2) is 0 Å². The van der Waals surface area contributed by atoms with Gasteiger partial charge in [0.25, 0.3) is 5.91 Å². The van der Waals surface area contributed by atoms with Gasteiger partial charge in [0, 0.05) is 29.0 Å². The Balaban J connectivity index is 2.07. The summed E-state index contributed by atoms with van der Waals surface area (Å²) in [5, 5.41) is 15.2. The fourth-order valence-corrected chi connectivity index (χ4v) is 2.19. The summed E-state index contributed by atoms with van der Waals surface area (Å²) >= 11 is 5.55. The lowest BCUT2D eigenvalue weighted by atomic mass is 10.1. The molecule has 0 spiro atoms. The van der Waals surface area contributed by atoms with E-state index in [1.807, 2.05) is 0 Å². The van der Waals surface area contributed by atoms with Crippen molar-refractivity contribution in [2.24, 2.45) is 0 Å². The lowest BCUT2D eigenvalue weighted by Gasteiger charge is -2.11. The van der Waals surface area contributed by atoms with Gasteiger partial charge in [0.1, 0.15) is 0 Å². The van der Waals surface area contributed by atoms with Crippen LogP contribution in [0.25, 0.3) is 0 Å². The molecule has 0 saturated heterocycles. The second-order valence-corrected chi connectivity index (χ2v) is 5.67. The number of carbonyl (C=O) groups is 2. The van der Waals surface area contributed by atoms with Gasteiger partial charge in [0.05, 0.1) is 12.0 Å². The highest BCUT2D eigenvalue weighted by molar-refractivity contribution is 6.18. The number of hydrogen-bond acceptors (Lipinski definition) is 4. The topological polar surface area (TPSA) is 78.4 Å². The lowest BCUT2D eigenvalue weighted by Crippen LogP contribution is -2.21. The van der Waals surface area contributed by atoms with Crippen molar-refractivity contribution in [1.29, 1.82) is 0 Å². The van der Waals surface area contributed by atoms with E-state index in [4.69, 9.17) is 11.6 Å². The molecule has 1 unspecified atom stereocenters. The molecule has 0 aliphatic carbocycles. The average Bonchev–Trinajstić information content (AvgIpc) is 2.60. The van der Waals surface area contributed by atoms with Crippen LogP contribution in [0.5, 0.6) is 0 Å². The minimum atomic E-state index is -0.654. The second-order valence-electron chi connectivity index (χ2n) is 5.36. The first-order valence-electron chi connectivity index (χ1n) is 7.50. The highest BCUT2D eigenvalue weighted by Gasteiger charge is 2.09. The number of Topliss-reactive ketones (excluding diaryl/α,β-unsaturated/α-hetero) is 1. The molecule has 0 bridgehead atoms. The minimum Gasteiger partial charge on any atom is -0.390 e. The Morgan fingerprint density at radius 1 is 1.08 bits per heavy atom.